The summed E-state index contributed by atoms with van der Waals surface area (Å²) < 4.78 is 5.22. The van der Waals surface area contributed by atoms with Crippen molar-refractivity contribution in [1.29, 1.82) is 0 Å². The fraction of sp³-hybridized carbons (Fsp3) is 0.667. The Morgan fingerprint density at radius 3 is 2.46 bits per heavy atom. The number of ether oxygens (including phenoxy) is 1. The number of hydrogen-bond acceptors (Lipinski definition) is 3. The monoisotopic (exact) mass is 382 g/mol. The predicted molar refractivity (Wildman–Crippen MR) is 110 cm³/mol. The van der Waals surface area contributed by atoms with Crippen molar-refractivity contribution in [2.75, 3.05) is 26.7 Å². The van der Waals surface area contributed by atoms with Gasteiger partial charge in [-0.3, -0.25) is 4.79 Å². The molecule has 0 aromatic heterocycles. The van der Waals surface area contributed by atoms with E-state index in [2.05, 4.69) is 50.0 Å². The second-order valence-corrected chi connectivity index (χ2v) is 8.50. The number of nitrogens with one attached hydrogen (secondary N) is 1. The number of carbonyl (C=O) groups is 1. The summed E-state index contributed by atoms with van der Waals surface area (Å²) in [5, 5.41) is 3.44. The molecule has 148 valence electrons. The smallest absolute Gasteiger partial charge is 0.225 e. The van der Waals surface area contributed by atoms with Crippen molar-refractivity contribution in [3.63, 3.8) is 0 Å². The molecule has 0 bridgehead atoms. The molecule has 1 amide bonds. The van der Waals surface area contributed by atoms with E-state index in [4.69, 9.17) is 4.74 Å². The Hall–Kier alpha value is -1.26. The number of halogens is 1. The van der Waals surface area contributed by atoms with E-state index in [1.807, 2.05) is 12.1 Å². The first-order chi connectivity index (χ1) is 11.8. The molecule has 0 aliphatic carbocycles. The Balaban J connectivity index is 0.00000338. The first kappa shape index (κ1) is 22.8. The molecule has 0 unspecified atom stereocenters. The van der Waals surface area contributed by atoms with Crippen LogP contribution in [0.4, 0.5) is 0 Å². The minimum atomic E-state index is 0. The van der Waals surface area contributed by atoms with Crippen LogP contribution < -0.4 is 10.1 Å². The third-order valence-electron chi connectivity index (χ3n) is 4.78. The molecule has 1 aromatic rings. The van der Waals surface area contributed by atoms with Gasteiger partial charge in [0.05, 0.1) is 7.11 Å². The zero-order valence-electron chi connectivity index (χ0n) is 16.9. The number of carbonyl (C=O) groups excluding carboxylic acids is 1. The topological polar surface area (TPSA) is 41.6 Å². The average Bonchev–Trinajstić information content (AvgIpc) is 2.57. The molecule has 4 nitrogen and oxygen atoms in total. The van der Waals surface area contributed by atoms with E-state index < -0.39 is 0 Å². The highest BCUT2D eigenvalue weighted by Crippen LogP contribution is 2.23. The lowest BCUT2D eigenvalue weighted by Gasteiger charge is -2.35. The van der Waals surface area contributed by atoms with Gasteiger partial charge in [0.2, 0.25) is 5.91 Å². The normalized spacial score (nSPS) is 20.2. The van der Waals surface area contributed by atoms with Crippen molar-refractivity contribution in [3.8, 4) is 5.75 Å². The molecule has 0 spiro atoms. The molecule has 2 atom stereocenters. The average molecular weight is 383 g/mol. The Kier molecular flexibility index (Phi) is 8.91. The molecule has 26 heavy (non-hydrogen) atoms. The summed E-state index contributed by atoms with van der Waals surface area (Å²) in [5.41, 5.74) is 1.35. The third-order valence-corrected chi connectivity index (χ3v) is 4.78. The van der Waals surface area contributed by atoms with Crippen molar-refractivity contribution in [1.82, 2.24) is 10.2 Å². The number of benzene rings is 1. The van der Waals surface area contributed by atoms with Crippen LogP contribution in [0.5, 0.6) is 5.75 Å². The van der Waals surface area contributed by atoms with Crippen LogP contribution >= 0.6 is 12.4 Å². The Bertz CT molecular complexity index is 554. The summed E-state index contributed by atoms with van der Waals surface area (Å²) in [7, 11) is 1.68. The van der Waals surface area contributed by atoms with Crippen LogP contribution in [0, 0.1) is 11.3 Å². The molecular formula is C21H35ClN2O2. The Labute approximate surface area is 165 Å². The summed E-state index contributed by atoms with van der Waals surface area (Å²) in [5.74, 6) is 1.36. The van der Waals surface area contributed by atoms with Crippen molar-refractivity contribution >= 4 is 18.3 Å². The van der Waals surface area contributed by atoms with Crippen LogP contribution in [0.25, 0.3) is 0 Å². The molecule has 1 fully saturated rings. The fourth-order valence-electron chi connectivity index (χ4n) is 3.51. The third kappa shape index (κ3) is 7.16. The maximum Gasteiger partial charge on any atom is 0.225 e. The van der Waals surface area contributed by atoms with Crippen LogP contribution in [-0.4, -0.2) is 43.6 Å². The lowest BCUT2D eigenvalue weighted by Crippen LogP contribution is -2.47. The maximum absolute atomic E-state index is 13.1. The van der Waals surface area contributed by atoms with E-state index in [1.54, 1.807) is 7.11 Å². The minimum Gasteiger partial charge on any atom is -0.497 e. The number of rotatable bonds is 6. The van der Waals surface area contributed by atoms with Gasteiger partial charge in [-0.05, 0) is 55.8 Å². The van der Waals surface area contributed by atoms with Gasteiger partial charge >= 0.3 is 0 Å². The van der Waals surface area contributed by atoms with Gasteiger partial charge in [-0.15, -0.1) is 12.4 Å². The predicted octanol–water partition coefficient (Wildman–Crippen LogP) is 3.92. The zero-order valence-corrected chi connectivity index (χ0v) is 17.7. The van der Waals surface area contributed by atoms with Gasteiger partial charge in [-0.1, -0.05) is 32.9 Å². The molecule has 1 saturated heterocycles. The molecule has 1 N–H and O–H groups in total. The highest BCUT2D eigenvalue weighted by atomic mass is 35.5. The van der Waals surface area contributed by atoms with Crippen LogP contribution in [-0.2, 0) is 11.2 Å². The zero-order chi connectivity index (χ0) is 18.4. The molecule has 0 radical (unpaired) electrons. The summed E-state index contributed by atoms with van der Waals surface area (Å²) in [4.78, 5) is 15.2. The van der Waals surface area contributed by atoms with Crippen molar-refractivity contribution in [3.05, 3.63) is 29.8 Å². The van der Waals surface area contributed by atoms with E-state index in [1.165, 1.54) is 5.56 Å². The second kappa shape index (κ2) is 10.2. The van der Waals surface area contributed by atoms with Gasteiger partial charge in [-0.2, -0.15) is 0 Å². The standard InChI is InChI=1S/C21H34N2O2.ClH/c1-16-14-18(10-12-22-16)20(24)23(15-21(2,3)4)13-11-17-6-8-19(25-5)9-7-17;/h6-9,16,18,22H,10-15H2,1-5H3;1H/t16-,18-;/m0./s1. The molecule has 1 aliphatic rings. The second-order valence-electron chi connectivity index (χ2n) is 8.50. The summed E-state index contributed by atoms with van der Waals surface area (Å²) in [6.45, 7) is 11.3. The number of piperidine rings is 1. The van der Waals surface area contributed by atoms with Gasteiger partial charge in [0.25, 0.3) is 0 Å². The van der Waals surface area contributed by atoms with Gasteiger partial charge in [-0.25, -0.2) is 0 Å². The van der Waals surface area contributed by atoms with E-state index in [-0.39, 0.29) is 23.7 Å². The SMILES string of the molecule is COc1ccc(CCN(CC(C)(C)C)C(=O)[C@H]2CCN[C@@H](C)C2)cc1.Cl. The summed E-state index contributed by atoms with van der Waals surface area (Å²) in [6, 6.07) is 8.58. The van der Waals surface area contributed by atoms with Gasteiger partial charge in [0.15, 0.2) is 0 Å². The highest BCUT2D eigenvalue weighted by molar-refractivity contribution is 5.85. The van der Waals surface area contributed by atoms with Gasteiger partial charge < -0.3 is 15.0 Å². The van der Waals surface area contributed by atoms with Crippen LogP contribution in [0.2, 0.25) is 0 Å². The largest absolute Gasteiger partial charge is 0.497 e. The number of methoxy groups -OCH3 is 1. The molecular weight excluding hydrogens is 348 g/mol. The maximum atomic E-state index is 13.1. The van der Waals surface area contributed by atoms with Crippen molar-refractivity contribution in [2.45, 2.75) is 53.0 Å². The number of amides is 1. The fourth-order valence-corrected chi connectivity index (χ4v) is 3.51. The van der Waals surface area contributed by atoms with Crippen LogP contribution in [0.3, 0.4) is 0 Å². The van der Waals surface area contributed by atoms with Crippen LogP contribution in [0.1, 0.15) is 46.1 Å². The van der Waals surface area contributed by atoms with Crippen molar-refractivity contribution < 1.29 is 9.53 Å². The lowest BCUT2D eigenvalue weighted by atomic mass is 9.90. The molecule has 1 heterocycles. The molecule has 1 aromatic carbocycles. The summed E-state index contributed by atoms with van der Waals surface area (Å²) in [6.07, 6.45) is 2.78. The van der Waals surface area contributed by atoms with Gasteiger partial charge in [0, 0.05) is 25.0 Å². The first-order valence-corrected chi connectivity index (χ1v) is 9.43. The summed E-state index contributed by atoms with van der Waals surface area (Å²) >= 11 is 0. The minimum absolute atomic E-state index is 0. The Morgan fingerprint density at radius 1 is 1.27 bits per heavy atom. The Morgan fingerprint density at radius 2 is 1.92 bits per heavy atom. The van der Waals surface area contributed by atoms with Crippen molar-refractivity contribution in [2.24, 2.45) is 11.3 Å². The molecule has 2 rings (SSSR count). The van der Waals surface area contributed by atoms with E-state index in [9.17, 15) is 4.79 Å². The lowest BCUT2D eigenvalue weighted by molar-refractivity contribution is -0.138. The molecule has 1 aliphatic heterocycles. The highest BCUT2D eigenvalue weighted by Gasteiger charge is 2.30. The molecule has 5 heteroatoms. The number of hydrogen-bond donors (Lipinski definition) is 1. The van der Waals surface area contributed by atoms with E-state index in [0.717, 1.165) is 44.6 Å². The van der Waals surface area contributed by atoms with Crippen LogP contribution in [0.15, 0.2) is 24.3 Å². The van der Waals surface area contributed by atoms with E-state index >= 15 is 0 Å². The van der Waals surface area contributed by atoms with Gasteiger partial charge in [0.1, 0.15) is 5.75 Å². The first-order valence-electron chi connectivity index (χ1n) is 9.43. The molecule has 0 saturated carbocycles. The quantitative estimate of drug-likeness (QED) is 0.810. The number of nitrogens with zero attached hydrogens (tertiary/aromatic N) is 1. The van der Waals surface area contributed by atoms with E-state index in [0.29, 0.717) is 11.9 Å².